The Balaban J connectivity index is 3.30. The van der Waals surface area contributed by atoms with Crippen LogP contribution in [0.1, 0.15) is 0 Å². The fraction of sp³-hybridized carbons (Fsp3) is 0. The van der Waals surface area contributed by atoms with Gasteiger partial charge in [-0.2, -0.15) is 0 Å². The molecule has 33 valence electrons. The van der Waals surface area contributed by atoms with Gasteiger partial charge in [-0.25, -0.2) is 0 Å². The van der Waals surface area contributed by atoms with Crippen molar-refractivity contribution in [3.05, 3.63) is 23.2 Å². The number of rotatable bonds is 1. The third-order valence-corrected chi connectivity index (χ3v) is 0.429. The Bertz CT molecular complexity index is 73.6. The lowest BCUT2D eigenvalue weighted by Gasteiger charge is -1.70. The lowest BCUT2D eigenvalue weighted by Crippen LogP contribution is -1.47. The van der Waals surface area contributed by atoms with Crippen molar-refractivity contribution in [1.29, 1.82) is 0 Å². The van der Waals surface area contributed by atoms with Crippen LogP contribution in [-0.2, 0) is 0 Å². The monoisotopic (exact) mass is 121 g/mol. The Kier molecular flexibility index (Phi) is 3.29. The first-order valence-corrected chi connectivity index (χ1v) is 2.06. The van der Waals surface area contributed by atoms with Gasteiger partial charge in [0.15, 0.2) is 0 Å². The summed E-state index contributed by atoms with van der Waals surface area (Å²) in [7, 11) is 0. The van der Waals surface area contributed by atoms with Crippen molar-refractivity contribution in [3.63, 3.8) is 0 Å². The topological polar surface area (TPSA) is 0 Å². The van der Waals surface area contributed by atoms with Crippen molar-refractivity contribution in [3.8, 4) is 0 Å². The van der Waals surface area contributed by atoms with Crippen molar-refractivity contribution in [1.82, 2.24) is 0 Å². The van der Waals surface area contributed by atoms with E-state index in [1.165, 1.54) is 6.08 Å². The van der Waals surface area contributed by atoms with Crippen molar-refractivity contribution in [2.75, 3.05) is 0 Å². The molecule has 0 aliphatic rings. The summed E-state index contributed by atoms with van der Waals surface area (Å²) in [4.78, 5) is 0. The van der Waals surface area contributed by atoms with Gasteiger partial charge in [-0.05, 0) is 6.08 Å². The molecule has 0 aliphatic carbocycles. The third-order valence-electron chi connectivity index (χ3n) is 0.211. The fourth-order valence-corrected chi connectivity index (χ4v) is 0.301. The van der Waals surface area contributed by atoms with Crippen molar-refractivity contribution in [2.24, 2.45) is 0 Å². The molecule has 0 nitrogen and oxygen atoms in total. The molecule has 6 heavy (non-hydrogen) atoms. The van der Waals surface area contributed by atoms with Gasteiger partial charge in [0.05, 0.1) is 5.54 Å². The summed E-state index contributed by atoms with van der Waals surface area (Å²) in [5.74, 6) is 0. The number of halogens is 2. The standard InChI is InChI=1S/C4H3Cl2/c1-4(6)2-3-5/h2H,1H2. The van der Waals surface area contributed by atoms with E-state index in [0.717, 1.165) is 0 Å². The van der Waals surface area contributed by atoms with Crippen molar-refractivity contribution in [2.45, 2.75) is 0 Å². The molecule has 0 unspecified atom stereocenters. The first-order chi connectivity index (χ1) is 2.77. The van der Waals surface area contributed by atoms with Crippen molar-refractivity contribution >= 4 is 23.2 Å². The largest absolute Gasteiger partial charge is 0.0849 e. The molecule has 0 aliphatic heterocycles. The van der Waals surface area contributed by atoms with Crippen LogP contribution in [0.3, 0.4) is 0 Å². The number of hydrogen-bond acceptors (Lipinski definition) is 0. The Hall–Kier alpha value is 0.0600. The summed E-state index contributed by atoms with van der Waals surface area (Å²) in [5.41, 5.74) is 2.18. The summed E-state index contributed by atoms with van der Waals surface area (Å²) in [6.45, 7) is 3.31. The highest BCUT2D eigenvalue weighted by Crippen LogP contribution is 1.96. The molecule has 0 spiro atoms. The summed E-state index contributed by atoms with van der Waals surface area (Å²) in [5, 5.41) is 0.394. The van der Waals surface area contributed by atoms with Gasteiger partial charge in [-0.15, -0.1) is 0 Å². The molecule has 0 atom stereocenters. The van der Waals surface area contributed by atoms with Crippen LogP contribution in [0.25, 0.3) is 0 Å². The molecule has 0 saturated carbocycles. The van der Waals surface area contributed by atoms with Crippen LogP contribution in [0.2, 0.25) is 0 Å². The maximum atomic E-state index is 5.18. The summed E-state index contributed by atoms with van der Waals surface area (Å²) < 4.78 is 0. The zero-order valence-electron chi connectivity index (χ0n) is 3.04. The maximum Gasteiger partial charge on any atom is 0.0607 e. The van der Waals surface area contributed by atoms with E-state index in [-0.39, 0.29) is 0 Å². The van der Waals surface area contributed by atoms with Crippen LogP contribution in [0.5, 0.6) is 0 Å². The maximum absolute atomic E-state index is 5.18. The first kappa shape index (κ1) is 6.06. The zero-order valence-corrected chi connectivity index (χ0v) is 4.55. The molecular formula is C4H3Cl2. The second-order valence-corrected chi connectivity index (χ2v) is 1.40. The highest BCUT2D eigenvalue weighted by molar-refractivity contribution is 6.31. The molecule has 0 bridgehead atoms. The molecule has 0 aromatic heterocycles. The van der Waals surface area contributed by atoms with E-state index in [0.29, 0.717) is 5.03 Å². The Morgan fingerprint density at radius 2 is 2.33 bits per heavy atom. The van der Waals surface area contributed by atoms with Crippen LogP contribution in [-0.4, -0.2) is 0 Å². The van der Waals surface area contributed by atoms with Gasteiger partial charge < -0.3 is 0 Å². The van der Waals surface area contributed by atoms with E-state index in [1.54, 1.807) is 0 Å². The fourth-order valence-electron chi connectivity index (χ4n) is 0.0592. The molecule has 0 amide bonds. The van der Waals surface area contributed by atoms with Crippen LogP contribution < -0.4 is 0 Å². The second-order valence-electron chi connectivity index (χ2n) is 0.700. The SMILES string of the molecule is C=C(Cl)C=[C]Cl. The van der Waals surface area contributed by atoms with E-state index in [4.69, 9.17) is 23.2 Å². The molecule has 0 aromatic rings. The van der Waals surface area contributed by atoms with Crippen LogP contribution in [0.15, 0.2) is 17.7 Å². The van der Waals surface area contributed by atoms with Gasteiger partial charge in [-0.3, -0.25) is 0 Å². The quantitative estimate of drug-likeness (QED) is 0.468. The molecular weight excluding hydrogens is 119 g/mol. The molecule has 0 N–H and O–H groups in total. The van der Waals surface area contributed by atoms with Crippen LogP contribution in [0, 0.1) is 5.54 Å². The summed E-state index contributed by atoms with van der Waals surface area (Å²) in [6, 6.07) is 0. The molecule has 0 saturated heterocycles. The van der Waals surface area contributed by atoms with Gasteiger partial charge in [-0.1, -0.05) is 29.8 Å². The van der Waals surface area contributed by atoms with Gasteiger partial charge >= 0.3 is 0 Å². The predicted molar refractivity (Wildman–Crippen MR) is 28.7 cm³/mol. The Morgan fingerprint density at radius 3 is 2.33 bits per heavy atom. The van der Waals surface area contributed by atoms with Crippen molar-refractivity contribution < 1.29 is 0 Å². The summed E-state index contributed by atoms with van der Waals surface area (Å²) >= 11 is 10.1. The van der Waals surface area contributed by atoms with E-state index >= 15 is 0 Å². The number of allylic oxidation sites excluding steroid dienone is 2. The normalized spacial score (nSPS) is 9.67. The van der Waals surface area contributed by atoms with Gasteiger partial charge in [0.25, 0.3) is 0 Å². The Labute approximate surface area is 47.1 Å². The Morgan fingerprint density at radius 1 is 1.83 bits per heavy atom. The predicted octanol–water partition coefficient (Wildman–Crippen LogP) is 2.29. The first-order valence-electron chi connectivity index (χ1n) is 1.31. The molecule has 0 fully saturated rings. The van der Waals surface area contributed by atoms with E-state index in [1.807, 2.05) is 0 Å². The van der Waals surface area contributed by atoms with Gasteiger partial charge in [0.2, 0.25) is 0 Å². The average molecular weight is 122 g/mol. The average Bonchev–Trinajstić information content (AvgIpc) is 1.35. The molecule has 0 rings (SSSR count). The highest BCUT2D eigenvalue weighted by atomic mass is 35.5. The minimum absolute atomic E-state index is 0.394. The zero-order chi connectivity index (χ0) is 4.99. The van der Waals surface area contributed by atoms with Crippen LogP contribution in [0.4, 0.5) is 0 Å². The molecule has 0 aromatic carbocycles. The third kappa shape index (κ3) is 4.06. The van der Waals surface area contributed by atoms with E-state index in [2.05, 4.69) is 12.1 Å². The van der Waals surface area contributed by atoms with Gasteiger partial charge in [0.1, 0.15) is 0 Å². The molecule has 2 heteroatoms. The number of hydrogen-bond donors (Lipinski definition) is 0. The smallest absolute Gasteiger partial charge is 0.0607 e. The second kappa shape index (κ2) is 3.26. The minimum Gasteiger partial charge on any atom is -0.0849 e. The molecule has 0 heterocycles. The lowest BCUT2D eigenvalue weighted by atomic mass is 10.6. The van der Waals surface area contributed by atoms with Gasteiger partial charge in [0, 0.05) is 5.03 Å². The molecule has 1 radical (unpaired) electrons. The minimum atomic E-state index is 0.394. The summed E-state index contributed by atoms with van der Waals surface area (Å²) in [6.07, 6.45) is 1.38. The van der Waals surface area contributed by atoms with E-state index in [9.17, 15) is 0 Å². The van der Waals surface area contributed by atoms with E-state index < -0.39 is 0 Å². The lowest BCUT2D eigenvalue weighted by molar-refractivity contribution is 1.97. The van der Waals surface area contributed by atoms with Crippen LogP contribution >= 0.6 is 23.2 Å². The highest BCUT2D eigenvalue weighted by Gasteiger charge is 1.69.